The molecule has 1 aliphatic rings. The normalized spacial score (nSPS) is 15.7. The lowest BCUT2D eigenvalue weighted by Crippen LogP contribution is -2.37. The number of benzene rings is 2. The summed E-state index contributed by atoms with van der Waals surface area (Å²) >= 11 is 0. The van der Waals surface area contributed by atoms with E-state index < -0.39 is 22.9 Å². The van der Waals surface area contributed by atoms with Gasteiger partial charge in [0, 0.05) is 12.8 Å². The quantitative estimate of drug-likeness (QED) is 0.122. The van der Waals surface area contributed by atoms with E-state index in [9.17, 15) is 9.59 Å². The Morgan fingerprint density at radius 2 is 1.33 bits per heavy atom. The molecule has 196 valence electrons. The van der Waals surface area contributed by atoms with Gasteiger partial charge in [0.05, 0.1) is 0 Å². The van der Waals surface area contributed by atoms with E-state index in [1.807, 2.05) is 95.3 Å². The molecule has 1 fully saturated rings. The molecule has 36 heavy (non-hydrogen) atoms. The molecule has 0 radical (unpaired) electrons. The minimum absolute atomic E-state index is 0.222. The second kappa shape index (κ2) is 12.0. The fourth-order valence-corrected chi connectivity index (χ4v) is 4.54. The second-order valence-electron chi connectivity index (χ2n) is 10.5. The molecule has 0 amide bonds. The largest absolute Gasteiger partial charge is 0.455 e. The van der Waals surface area contributed by atoms with Crippen molar-refractivity contribution in [2.45, 2.75) is 96.6 Å². The van der Waals surface area contributed by atoms with Crippen LogP contribution in [0.5, 0.6) is 0 Å². The zero-order valence-corrected chi connectivity index (χ0v) is 22.3. The highest BCUT2D eigenvalue weighted by molar-refractivity contribution is 5.74. The van der Waals surface area contributed by atoms with Gasteiger partial charge in [0.2, 0.25) is 5.79 Å². The van der Waals surface area contributed by atoms with Crippen molar-refractivity contribution in [1.82, 2.24) is 0 Å². The molecular formula is C30H40O6. The van der Waals surface area contributed by atoms with Crippen LogP contribution in [0.15, 0.2) is 60.7 Å². The van der Waals surface area contributed by atoms with Gasteiger partial charge in [0.25, 0.3) is 0 Å². The maximum absolute atomic E-state index is 13.3. The lowest BCUT2D eigenvalue weighted by Gasteiger charge is -2.29. The highest BCUT2D eigenvalue weighted by Gasteiger charge is 2.58. The van der Waals surface area contributed by atoms with Crippen molar-refractivity contribution in [3.05, 3.63) is 71.8 Å². The van der Waals surface area contributed by atoms with Crippen molar-refractivity contribution in [3.63, 3.8) is 0 Å². The van der Waals surface area contributed by atoms with E-state index in [1.165, 1.54) is 0 Å². The summed E-state index contributed by atoms with van der Waals surface area (Å²) in [5.74, 6) is -1.97. The number of carbonyl (C=O) groups excluding carboxylic acids is 2. The van der Waals surface area contributed by atoms with Crippen molar-refractivity contribution in [2.75, 3.05) is 0 Å². The summed E-state index contributed by atoms with van der Waals surface area (Å²) < 4.78 is 11.7. The fraction of sp³-hybridized carbons (Fsp3) is 0.533. The average Bonchev–Trinajstić information content (AvgIpc) is 3.62. The van der Waals surface area contributed by atoms with E-state index in [0.717, 1.165) is 30.4 Å². The highest BCUT2D eigenvalue weighted by atomic mass is 17.4. The third-order valence-electron chi connectivity index (χ3n) is 6.75. The van der Waals surface area contributed by atoms with Crippen molar-refractivity contribution < 1.29 is 28.8 Å². The van der Waals surface area contributed by atoms with Gasteiger partial charge in [0.1, 0.15) is 17.1 Å². The average molecular weight is 497 g/mol. The molecular weight excluding hydrogens is 456 g/mol. The van der Waals surface area contributed by atoms with E-state index in [4.69, 9.17) is 19.2 Å². The number of ether oxygens (including phenoxy) is 2. The summed E-state index contributed by atoms with van der Waals surface area (Å²) in [6.07, 6.45) is 4.57. The predicted octanol–water partition coefficient (Wildman–Crippen LogP) is 6.97. The van der Waals surface area contributed by atoms with E-state index in [1.54, 1.807) is 0 Å². The van der Waals surface area contributed by atoms with Gasteiger partial charge in [-0.1, -0.05) is 86.8 Å². The Kier molecular flexibility index (Phi) is 9.31. The topological polar surface area (TPSA) is 77.7 Å². The van der Waals surface area contributed by atoms with Crippen LogP contribution in [0.1, 0.15) is 90.7 Å². The third-order valence-corrected chi connectivity index (χ3v) is 6.75. The molecule has 0 spiro atoms. The van der Waals surface area contributed by atoms with Gasteiger partial charge in [-0.2, -0.15) is 9.78 Å². The molecule has 2 aromatic carbocycles. The molecule has 1 unspecified atom stereocenters. The zero-order valence-electron chi connectivity index (χ0n) is 22.3. The molecule has 2 aromatic rings. The highest BCUT2D eigenvalue weighted by Crippen LogP contribution is 2.45. The molecule has 1 heterocycles. The van der Waals surface area contributed by atoms with Crippen LogP contribution in [0.2, 0.25) is 0 Å². The molecule has 0 aromatic heterocycles. The standard InChI is InChI=1S/C30H40O6/c1-6-22-30(35-36-30)25(27(32)34-29(4,5)24-18-12-8-13-19-24)20-14-9-15-21-26(31)33-28(2,3)23-16-10-7-11-17-23/h7-8,10-13,16-19,25H,6,9,14-15,20-22H2,1-5H3. The maximum atomic E-state index is 13.3. The van der Waals surface area contributed by atoms with Gasteiger partial charge in [-0.05, 0) is 51.7 Å². The van der Waals surface area contributed by atoms with Gasteiger partial charge < -0.3 is 9.47 Å². The number of hydrogen-bond acceptors (Lipinski definition) is 6. The fourth-order valence-electron chi connectivity index (χ4n) is 4.54. The summed E-state index contributed by atoms with van der Waals surface area (Å²) in [6, 6.07) is 19.4. The number of esters is 2. The number of rotatable bonds is 14. The third kappa shape index (κ3) is 7.40. The van der Waals surface area contributed by atoms with E-state index in [-0.39, 0.29) is 11.9 Å². The van der Waals surface area contributed by atoms with Crippen molar-refractivity contribution in [1.29, 1.82) is 0 Å². The second-order valence-corrected chi connectivity index (χ2v) is 10.5. The first-order chi connectivity index (χ1) is 17.1. The van der Waals surface area contributed by atoms with Gasteiger partial charge in [-0.25, -0.2) is 0 Å². The number of unbranched alkanes of at least 4 members (excludes halogenated alkanes) is 2. The number of hydrogen-bond donors (Lipinski definition) is 0. The summed E-state index contributed by atoms with van der Waals surface area (Å²) in [4.78, 5) is 36.5. The van der Waals surface area contributed by atoms with Crippen LogP contribution in [-0.2, 0) is 40.0 Å². The molecule has 0 bridgehead atoms. The zero-order chi connectivity index (χ0) is 26.2. The van der Waals surface area contributed by atoms with E-state index >= 15 is 0 Å². The molecule has 6 heteroatoms. The van der Waals surface area contributed by atoms with Gasteiger partial charge in [-0.15, -0.1) is 0 Å². The van der Waals surface area contributed by atoms with E-state index in [0.29, 0.717) is 25.7 Å². The predicted molar refractivity (Wildman–Crippen MR) is 138 cm³/mol. The van der Waals surface area contributed by atoms with Gasteiger partial charge >= 0.3 is 11.9 Å². The Morgan fingerprint density at radius 3 is 1.83 bits per heavy atom. The lowest BCUT2D eigenvalue weighted by atomic mass is 9.89. The number of carbonyl (C=O) groups is 2. The Hall–Kier alpha value is -2.70. The molecule has 1 saturated heterocycles. The van der Waals surface area contributed by atoms with E-state index in [2.05, 4.69) is 0 Å². The summed E-state index contributed by atoms with van der Waals surface area (Å²) in [6.45, 7) is 9.61. The lowest BCUT2D eigenvalue weighted by molar-refractivity contribution is -0.166. The van der Waals surface area contributed by atoms with Crippen LogP contribution in [0.4, 0.5) is 0 Å². The monoisotopic (exact) mass is 496 g/mol. The smallest absolute Gasteiger partial charge is 0.315 e. The minimum atomic E-state index is -0.906. The molecule has 0 N–H and O–H groups in total. The first kappa shape index (κ1) is 27.9. The van der Waals surface area contributed by atoms with Gasteiger partial charge in [0.15, 0.2) is 0 Å². The van der Waals surface area contributed by atoms with Crippen LogP contribution in [0, 0.1) is 5.92 Å². The minimum Gasteiger partial charge on any atom is -0.455 e. The van der Waals surface area contributed by atoms with Crippen LogP contribution < -0.4 is 0 Å². The molecule has 6 nitrogen and oxygen atoms in total. The Bertz CT molecular complexity index is 979. The summed E-state index contributed by atoms with van der Waals surface area (Å²) in [5, 5.41) is 0. The van der Waals surface area contributed by atoms with Crippen molar-refractivity contribution in [3.8, 4) is 0 Å². The molecule has 3 rings (SSSR count). The summed E-state index contributed by atoms with van der Waals surface area (Å²) in [7, 11) is 0. The molecule has 0 saturated carbocycles. The first-order valence-corrected chi connectivity index (χ1v) is 13.0. The molecule has 0 aliphatic carbocycles. The SMILES string of the molecule is CCCC1(C(CCCCCC(=O)OC(C)(C)c2ccccc2)C(=O)OC(C)(C)c2ccccc2)OO1. The molecule has 1 atom stereocenters. The summed E-state index contributed by atoms with van der Waals surface area (Å²) in [5.41, 5.74) is 0.445. The van der Waals surface area contributed by atoms with Gasteiger partial charge in [-0.3, -0.25) is 9.59 Å². The Balaban J connectivity index is 1.51. The first-order valence-electron chi connectivity index (χ1n) is 13.0. The Morgan fingerprint density at radius 1 is 0.806 bits per heavy atom. The molecule has 1 aliphatic heterocycles. The van der Waals surface area contributed by atoms with Crippen LogP contribution in [0.3, 0.4) is 0 Å². The van der Waals surface area contributed by atoms with Crippen LogP contribution in [0.25, 0.3) is 0 Å². The van der Waals surface area contributed by atoms with Crippen molar-refractivity contribution in [2.24, 2.45) is 5.92 Å². The maximum Gasteiger partial charge on any atom is 0.315 e. The van der Waals surface area contributed by atoms with Crippen molar-refractivity contribution >= 4 is 11.9 Å². The van der Waals surface area contributed by atoms with Crippen LogP contribution in [-0.4, -0.2) is 17.7 Å². The van der Waals surface area contributed by atoms with Crippen LogP contribution >= 0.6 is 0 Å². The Labute approximate surface area is 215 Å².